The third kappa shape index (κ3) is 2.70. The van der Waals surface area contributed by atoms with Gasteiger partial charge in [0.25, 0.3) is 0 Å². The first kappa shape index (κ1) is 15.6. The molecule has 0 bridgehead atoms. The van der Waals surface area contributed by atoms with Gasteiger partial charge in [-0.1, -0.05) is 30.3 Å². The fourth-order valence-electron chi connectivity index (χ4n) is 2.34. The second-order valence-electron chi connectivity index (χ2n) is 4.69. The van der Waals surface area contributed by atoms with Crippen molar-refractivity contribution in [2.75, 3.05) is 20.8 Å². The maximum atomic E-state index is 14.2. The summed E-state index contributed by atoms with van der Waals surface area (Å²) in [5.74, 6) is -2.17. The van der Waals surface area contributed by atoms with Crippen LogP contribution in [0.5, 0.6) is 0 Å². The lowest BCUT2D eigenvalue weighted by Crippen LogP contribution is -2.39. The maximum Gasteiger partial charge on any atom is 0.238 e. The van der Waals surface area contributed by atoms with Crippen LogP contribution in [-0.4, -0.2) is 35.7 Å². The third-order valence-corrected chi connectivity index (χ3v) is 3.63. The highest BCUT2D eigenvalue weighted by Gasteiger charge is 2.39. The van der Waals surface area contributed by atoms with E-state index in [0.717, 1.165) is 11.8 Å². The first-order valence-electron chi connectivity index (χ1n) is 6.59. The molecule has 0 radical (unpaired) electrons. The summed E-state index contributed by atoms with van der Waals surface area (Å²) in [7, 11) is 2.70. The van der Waals surface area contributed by atoms with Crippen molar-refractivity contribution >= 4 is 0 Å². The molecule has 21 heavy (non-hydrogen) atoms. The van der Waals surface area contributed by atoms with Crippen LogP contribution >= 0.6 is 0 Å². The van der Waals surface area contributed by atoms with E-state index in [9.17, 15) is 9.50 Å². The largest absolute Gasteiger partial charge is 0.390 e. The lowest BCUT2D eigenvalue weighted by Gasteiger charge is -2.30. The van der Waals surface area contributed by atoms with Gasteiger partial charge in [-0.2, -0.15) is 5.10 Å². The number of methoxy groups -OCH3 is 2. The molecule has 0 spiro atoms. The van der Waals surface area contributed by atoms with E-state index < -0.39 is 18.2 Å². The van der Waals surface area contributed by atoms with Crippen molar-refractivity contribution in [1.29, 1.82) is 0 Å². The van der Waals surface area contributed by atoms with Crippen molar-refractivity contribution in [1.82, 2.24) is 9.78 Å². The Hall–Kier alpha value is -1.76. The number of hydrogen-bond donors (Lipinski definition) is 1. The van der Waals surface area contributed by atoms with E-state index in [1.54, 1.807) is 0 Å². The molecular weight excluding hydrogens is 275 g/mol. The molecular formula is C15H19FN2O3. The second-order valence-corrected chi connectivity index (χ2v) is 4.69. The van der Waals surface area contributed by atoms with Gasteiger partial charge in [0.15, 0.2) is 5.82 Å². The number of nitrogens with zero attached hydrogens (tertiary/aromatic N) is 2. The van der Waals surface area contributed by atoms with E-state index in [0.29, 0.717) is 0 Å². The summed E-state index contributed by atoms with van der Waals surface area (Å²) in [4.78, 5) is 0. The van der Waals surface area contributed by atoms with Crippen LogP contribution in [0.3, 0.4) is 0 Å². The van der Waals surface area contributed by atoms with Gasteiger partial charge in [0.05, 0.1) is 12.2 Å². The van der Waals surface area contributed by atoms with Crippen molar-refractivity contribution in [3.05, 3.63) is 53.6 Å². The van der Waals surface area contributed by atoms with Gasteiger partial charge in [-0.05, 0) is 12.5 Å². The highest BCUT2D eigenvalue weighted by Crippen LogP contribution is 2.31. The van der Waals surface area contributed by atoms with Gasteiger partial charge in [0, 0.05) is 14.2 Å². The van der Waals surface area contributed by atoms with Crippen LogP contribution in [0, 0.1) is 5.82 Å². The first-order valence-corrected chi connectivity index (χ1v) is 6.59. The number of hydrogen-bond acceptors (Lipinski definition) is 4. The number of rotatable bonds is 6. The monoisotopic (exact) mass is 294 g/mol. The molecule has 1 aromatic heterocycles. The van der Waals surface area contributed by atoms with Crippen LogP contribution in [-0.2, 0) is 15.3 Å². The Bertz CT molecular complexity index is 574. The number of benzene rings is 1. The molecule has 1 aromatic carbocycles. The predicted molar refractivity (Wildman–Crippen MR) is 75.2 cm³/mol. The molecule has 2 aromatic rings. The third-order valence-electron chi connectivity index (χ3n) is 3.63. The molecule has 2 rings (SSSR count). The topological polar surface area (TPSA) is 56.5 Å². The molecule has 0 fully saturated rings. The van der Waals surface area contributed by atoms with Gasteiger partial charge >= 0.3 is 0 Å². The van der Waals surface area contributed by atoms with Crippen LogP contribution in [0.4, 0.5) is 4.39 Å². The zero-order chi connectivity index (χ0) is 15.5. The molecule has 0 saturated carbocycles. The molecule has 6 heteroatoms. The average molecular weight is 294 g/mol. The first-order chi connectivity index (χ1) is 10.1. The molecule has 0 aliphatic rings. The quantitative estimate of drug-likeness (QED) is 0.829. The Morgan fingerprint density at radius 2 is 1.90 bits per heavy atom. The van der Waals surface area contributed by atoms with Crippen molar-refractivity contribution in [2.24, 2.45) is 0 Å². The lowest BCUT2D eigenvalue weighted by molar-refractivity contribution is -0.242. The van der Waals surface area contributed by atoms with Crippen LogP contribution in [0.25, 0.3) is 0 Å². The van der Waals surface area contributed by atoms with Crippen LogP contribution in [0.2, 0.25) is 0 Å². The summed E-state index contributed by atoms with van der Waals surface area (Å²) in [5.41, 5.74) is 1.02. The van der Waals surface area contributed by atoms with Gasteiger partial charge in [0.1, 0.15) is 12.3 Å². The molecule has 5 nitrogen and oxygen atoms in total. The lowest BCUT2D eigenvalue weighted by atomic mass is 10.1. The van der Waals surface area contributed by atoms with Crippen LogP contribution in [0.1, 0.15) is 24.2 Å². The SMILES string of the molecule is COC(CO)(OC)c1c(F)cnn1[C@H](C)c1ccccc1. The van der Waals surface area contributed by atoms with E-state index >= 15 is 0 Å². The van der Waals surface area contributed by atoms with Gasteiger partial charge < -0.3 is 14.6 Å². The molecule has 0 saturated heterocycles. The van der Waals surface area contributed by atoms with Gasteiger partial charge in [0.2, 0.25) is 5.79 Å². The highest BCUT2D eigenvalue weighted by molar-refractivity contribution is 5.22. The molecule has 0 aliphatic carbocycles. The normalized spacial score (nSPS) is 13.4. The van der Waals surface area contributed by atoms with E-state index in [4.69, 9.17) is 9.47 Å². The van der Waals surface area contributed by atoms with Crippen molar-refractivity contribution in [2.45, 2.75) is 18.8 Å². The second kappa shape index (κ2) is 6.34. The summed E-state index contributed by atoms with van der Waals surface area (Å²) in [6, 6.07) is 9.32. The molecule has 1 N–H and O–H groups in total. The average Bonchev–Trinajstić information content (AvgIpc) is 2.92. The molecule has 0 unspecified atom stereocenters. The summed E-state index contributed by atoms with van der Waals surface area (Å²) < 4.78 is 26.1. The van der Waals surface area contributed by atoms with Crippen molar-refractivity contribution in [3.8, 4) is 0 Å². The van der Waals surface area contributed by atoms with Gasteiger partial charge in [-0.25, -0.2) is 4.39 Å². The van der Waals surface area contributed by atoms with E-state index in [2.05, 4.69) is 5.10 Å². The maximum absolute atomic E-state index is 14.2. The number of aliphatic hydroxyl groups is 1. The zero-order valence-corrected chi connectivity index (χ0v) is 12.3. The Morgan fingerprint density at radius 3 is 2.43 bits per heavy atom. The van der Waals surface area contributed by atoms with E-state index in [-0.39, 0.29) is 11.7 Å². The summed E-state index contributed by atoms with van der Waals surface area (Å²) >= 11 is 0. The van der Waals surface area contributed by atoms with Crippen molar-refractivity contribution in [3.63, 3.8) is 0 Å². The minimum Gasteiger partial charge on any atom is -0.390 e. The van der Waals surface area contributed by atoms with Gasteiger partial charge in [-0.15, -0.1) is 0 Å². The Kier molecular flexibility index (Phi) is 4.72. The minimum atomic E-state index is -1.58. The number of aromatic nitrogens is 2. The molecule has 0 aliphatic heterocycles. The van der Waals surface area contributed by atoms with Crippen LogP contribution in [0.15, 0.2) is 36.5 Å². The number of aliphatic hydroxyl groups excluding tert-OH is 1. The Balaban J connectivity index is 2.52. The Morgan fingerprint density at radius 1 is 1.29 bits per heavy atom. The number of ether oxygens (including phenoxy) is 2. The van der Waals surface area contributed by atoms with E-state index in [1.165, 1.54) is 18.9 Å². The van der Waals surface area contributed by atoms with E-state index in [1.807, 2.05) is 37.3 Å². The molecule has 1 heterocycles. The predicted octanol–water partition coefficient (Wildman–Crippen LogP) is 2.07. The van der Waals surface area contributed by atoms with Crippen molar-refractivity contribution < 1.29 is 19.0 Å². The highest BCUT2D eigenvalue weighted by atomic mass is 19.1. The fourth-order valence-corrected chi connectivity index (χ4v) is 2.34. The number of halogens is 1. The fraction of sp³-hybridized carbons (Fsp3) is 0.400. The Labute approximate surface area is 122 Å². The molecule has 0 amide bonds. The smallest absolute Gasteiger partial charge is 0.238 e. The molecule has 114 valence electrons. The summed E-state index contributed by atoms with van der Waals surface area (Å²) in [6.07, 6.45) is 1.09. The minimum absolute atomic E-state index is 0.0614. The summed E-state index contributed by atoms with van der Waals surface area (Å²) in [6.45, 7) is 1.36. The standard InChI is InChI=1S/C15H19FN2O3/c1-11(12-7-5-4-6-8-12)18-14(13(16)9-17-18)15(10-19,20-2)21-3/h4-9,11,19H,10H2,1-3H3/t11-/m1/s1. The van der Waals surface area contributed by atoms with Crippen LogP contribution < -0.4 is 0 Å². The summed E-state index contributed by atoms with van der Waals surface area (Å²) in [5, 5.41) is 13.7. The van der Waals surface area contributed by atoms with Gasteiger partial charge in [-0.3, -0.25) is 4.68 Å². The zero-order valence-electron chi connectivity index (χ0n) is 12.3. The molecule has 1 atom stereocenters.